The van der Waals surface area contributed by atoms with Gasteiger partial charge in [0.25, 0.3) is 0 Å². The van der Waals surface area contributed by atoms with Gasteiger partial charge in [0.05, 0.1) is 0 Å². The summed E-state index contributed by atoms with van der Waals surface area (Å²) in [6.07, 6.45) is 2.61. The largest absolute Gasteiger partial charge is 0.316 e. The van der Waals surface area contributed by atoms with Gasteiger partial charge in [-0.25, -0.2) is 0 Å². The van der Waals surface area contributed by atoms with E-state index in [-0.39, 0.29) is 0 Å². The monoisotopic (exact) mass is 320 g/mol. The highest BCUT2D eigenvalue weighted by Crippen LogP contribution is 2.32. The van der Waals surface area contributed by atoms with Crippen LogP contribution in [0, 0.1) is 5.92 Å². The first-order chi connectivity index (χ1) is 11.9. The van der Waals surface area contributed by atoms with Crippen LogP contribution in [0.4, 0.5) is 0 Å². The molecule has 2 aromatic rings. The molecule has 0 radical (unpaired) electrons. The Morgan fingerprint density at radius 2 is 1.42 bits per heavy atom. The number of piperidine rings is 1. The third kappa shape index (κ3) is 3.55. The van der Waals surface area contributed by atoms with Crippen LogP contribution in [-0.2, 0) is 0 Å². The Morgan fingerprint density at radius 3 is 2.08 bits per heavy atom. The number of hydrogen-bond acceptors (Lipinski definition) is 2. The van der Waals surface area contributed by atoms with E-state index in [4.69, 9.17) is 0 Å². The smallest absolute Gasteiger partial charge is 0.00282 e. The van der Waals surface area contributed by atoms with Crippen LogP contribution in [0.25, 0.3) is 0 Å². The second-order valence-electron chi connectivity index (χ2n) is 7.42. The minimum absolute atomic E-state index is 0.679. The van der Waals surface area contributed by atoms with E-state index < -0.39 is 0 Å². The lowest BCUT2D eigenvalue weighted by atomic mass is 9.86. The van der Waals surface area contributed by atoms with Crippen molar-refractivity contribution >= 4 is 0 Å². The third-order valence-electron chi connectivity index (χ3n) is 5.92. The van der Waals surface area contributed by atoms with Gasteiger partial charge in [0.2, 0.25) is 0 Å². The molecule has 0 bridgehead atoms. The summed E-state index contributed by atoms with van der Waals surface area (Å²) in [6.45, 7) is 6.04. The molecular weight excluding hydrogens is 292 g/mol. The van der Waals surface area contributed by atoms with Crippen LogP contribution in [0.1, 0.15) is 35.8 Å². The molecule has 2 heteroatoms. The van der Waals surface area contributed by atoms with Crippen molar-refractivity contribution in [1.29, 1.82) is 0 Å². The van der Waals surface area contributed by atoms with E-state index in [0.717, 1.165) is 24.9 Å². The number of rotatable bonds is 4. The van der Waals surface area contributed by atoms with Gasteiger partial charge in [-0.2, -0.15) is 0 Å². The summed E-state index contributed by atoms with van der Waals surface area (Å²) in [5.74, 6) is 2.19. The molecule has 2 aromatic carbocycles. The fraction of sp³-hybridized carbons (Fsp3) is 0.455. The van der Waals surface area contributed by atoms with Crippen LogP contribution in [0.15, 0.2) is 60.7 Å². The minimum Gasteiger partial charge on any atom is -0.316 e. The van der Waals surface area contributed by atoms with Gasteiger partial charge in [0.1, 0.15) is 0 Å². The van der Waals surface area contributed by atoms with E-state index in [1.807, 2.05) is 0 Å². The zero-order chi connectivity index (χ0) is 16.2. The lowest BCUT2D eigenvalue weighted by Crippen LogP contribution is -2.38. The SMILES string of the molecule is c1ccc(C2CCN(C[C@H]3CNC[C@@H]3c3ccccc3)CC2)cc1. The predicted molar refractivity (Wildman–Crippen MR) is 100 cm³/mol. The fourth-order valence-electron chi connectivity index (χ4n) is 4.52. The molecule has 2 aliphatic heterocycles. The molecule has 0 saturated carbocycles. The summed E-state index contributed by atoms with van der Waals surface area (Å²) >= 11 is 0. The summed E-state index contributed by atoms with van der Waals surface area (Å²) in [7, 11) is 0. The highest BCUT2D eigenvalue weighted by Gasteiger charge is 2.31. The van der Waals surface area contributed by atoms with Crippen molar-refractivity contribution in [3.63, 3.8) is 0 Å². The van der Waals surface area contributed by atoms with E-state index >= 15 is 0 Å². The normalized spacial score (nSPS) is 25.8. The summed E-state index contributed by atoms with van der Waals surface area (Å²) in [4.78, 5) is 2.70. The molecular formula is C22H28N2. The molecule has 0 spiro atoms. The Balaban J connectivity index is 1.33. The highest BCUT2D eigenvalue weighted by molar-refractivity contribution is 5.23. The Bertz CT molecular complexity index is 617. The summed E-state index contributed by atoms with van der Waals surface area (Å²) in [5.41, 5.74) is 3.04. The number of nitrogens with zero attached hydrogens (tertiary/aromatic N) is 1. The molecule has 0 unspecified atom stereocenters. The Morgan fingerprint density at radius 1 is 0.792 bits per heavy atom. The fourth-order valence-corrected chi connectivity index (χ4v) is 4.52. The molecule has 2 saturated heterocycles. The Labute approximate surface area is 145 Å². The first kappa shape index (κ1) is 15.9. The second-order valence-corrected chi connectivity index (χ2v) is 7.42. The molecule has 0 aromatic heterocycles. The molecule has 1 N–H and O–H groups in total. The first-order valence-electron chi connectivity index (χ1n) is 9.43. The molecule has 0 aliphatic carbocycles. The van der Waals surface area contributed by atoms with Gasteiger partial charge in [0.15, 0.2) is 0 Å². The number of likely N-dealkylation sites (tertiary alicyclic amines) is 1. The highest BCUT2D eigenvalue weighted by atomic mass is 15.1. The molecule has 126 valence electrons. The number of hydrogen-bond donors (Lipinski definition) is 1. The first-order valence-corrected chi connectivity index (χ1v) is 9.43. The van der Waals surface area contributed by atoms with E-state index in [2.05, 4.69) is 70.9 Å². The predicted octanol–water partition coefficient (Wildman–Crippen LogP) is 3.87. The molecule has 0 amide bonds. The topological polar surface area (TPSA) is 15.3 Å². The average Bonchev–Trinajstić information content (AvgIpc) is 3.12. The van der Waals surface area contributed by atoms with Crippen molar-refractivity contribution < 1.29 is 0 Å². The number of benzene rings is 2. The quantitative estimate of drug-likeness (QED) is 0.920. The molecule has 2 heterocycles. The minimum atomic E-state index is 0.679. The van der Waals surface area contributed by atoms with Crippen LogP contribution in [0.3, 0.4) is 0 Å². The van der Waals surface area contributed by atoms with Crippen LogP contribution in [-0.4, -0.2) is 37.6 Å². The van der Waals surface area contributed by atoms with Crippen LogP contribution in [0.5, 0.6) is 0 Å². The second kappa shape index (κ2) is 7.50. The van der Waals surface area contributed by atoms with Crippen LogP contribution in [0.2, 0.25) is 0 Å². The van der Waals surface area contributed by atoms with Gasteiger partial charge in [-0.15, -0.1) is 0 Å². The summed E-state index contributed by atoms with van der Waals surface area (Å²) in [6, 6.07) is 22.1. The van der Waals surface area contributed by atoms with Crippen molar-refractivity contribution in [2.45, 2.75) is 24.7 Å². The van der Waals surface area contributed by atoms with Crippen molar-refractivity contribution in [1.82, 2.24) is 10.2 Å². The molecule has 2 aliphatic rings. The molecule has 4 rings (SSSR count). The van der Waals surface area contributed by atoms with Crippen molar-refractivity contribution in [2.75, 3.05) is 32.7 Å². The van der Waals surface area contributed by atoms with E-state index in [1.165, 1.54) is 43.6 Å². The van der Waals surface area contributed by atoms with Gasteiger partial charge in [0, 0.05) is 19.0 Å². The maximum Gasteiger partial charge on any atom is 0.00282 e. The Hall–Kier alpha value is -1.64. The van der Waals surface area contributed by atoms with Gasteiger partial charge >= 0.3 is 0 Å². The van der Waals surface area contributed by atoms with Crippen molar-refractivity contribution in [3.8, 4) is 0 Å². The van der Waals surface area contributed by atoms with E-state index in [9.17, 15) is 0 Å². The zero-order valence-electron chi connectivity index (χ0n) is 14.4. The maximum atomic E-state index is 3.62. The molecule has 2 nitrogen and oxygen atoms in total. The lowest BCUT2D eigenvalue weighted by molar-refractivity contribution is 0.182. The van der Waals surface area contributed by atoms with E-state index in [0.29, 0.717) is 5.92 Å². The number of nitrogens with one attached hydrogen (secondary N) is 1. The summed E-state index contributed by atoms with van der Waals surface area (Å²) in [5, 5.41) is 3.62. The average molecular weight is 320 g/mol. The van der Waals surface area contributed by atoms with Crippen LogP contribution < -0.4 is 5.32 Å². The lowest BCUT2D eigenvalue weighted by Gasteiger charge is -2.35. The standard InChI is InChI=1S/C22H28N2/c1-3-7-18(8-4-1)19-11-13-24(14-12-19)17-21-15-23-16-22(21)20-9-5-2-6-10-20/h1-10,19,21-23H,11-17H2/t21-,22-/m1/s1. The van der Waals surface area contributed by atoms with Crippen LogP contribution >= 0.6 is 0 Å². The van der Waals surface area contributed by atoms with Gasteiger partial charge in [-0.3, -0.25) is 0 Å². The molecule has 2 fully saturated rings. The summed E-state index contributed by atoms with van der Waals surface area (Å²) < 4.78 is 0. The maximum absolute atomic E-state index is 3.62. The van der Waals surface area contributed by atoms with Crippen molar-refractivity contribution in [3.05, 3.63) is 71.8 Å². The van der Waals surface area contributed by atoms with Gasteiger partial charge in [-0.1, -0.05) is 60.7 Å². The van der Waals surface area contributed by atoms with Gasteiger partial charge < -0.3 is 10.2 Å². The molecule has 2 atom stereocenters. The third-order valence-corrected chi connectivity index (χ3v) is 5.92. The molecule has 24 heavy (non-hydrogen) atoms. The van der Waals surface area contributed by atoms with E-state index in [1.54, 1.807) is 0 Å². The zero-order valence-corrected chi connectivity index (χ0v) is 14.4. The Kier molecular flexibility index (Phi) is 4.96. The van der Waals surface area contributed by atoms with Crippen molar-refractivity contribution in [2.24, 2.45) is 5.92 Å². The van der Waals surface area contributed by atoms with Gasteiger partial charge in [-0.05, 0) is 55.4 Å².